The van der Waals surface area contributed by atoms with E-state index in [9.17, 15) is 22.0 Å². The molecule has 0 fully saturated rings. The van der Waals surface area contributed by atoms with Crippen LogP contribution in [0.2, 0.25) is 0 Å². The van der Waals surface area contributed by atoms with E-state index < -0.39 is 29.3 Å². The van der Waals surface area contributed by atoms with Crippen molar-refractivity contribution in [1.82, 2.24) is 4.98 Å². The molecule has 0 atom stereocenters. The van der Waals surface area contributed by atoms with Crippen LogP contribution in [0.25, 0.3) is 0 Å². The first-order valence-electron chi connectivity index (χ1n) is 5.71. The summed E-state index contributed by atoms with van der Waals surface area (Å²) in [5.74, 6) is -3.72. The quantitative estimate of drug-likeness (QED) is 0.520. The summed E-state index contributed by atoms with van der Waals surface area (Å²) in [5, 5.41) is 5.63. The van der Waals surface area contributed by atoms with Crippen molar-refractivity contribution < 1.29 is 26.7 Å². The summed E-state index contributed by atoms with van der Waals surface area (Å²) in [4.78, 5) is 3.99. The average Bonchev–Trinajstić information content (AvgIpc) is 2.81. The normalized spacial score (nSPS) is 11.9. The van der Waals surface area contributed by atoms with Crippen molar-refractivity contribution in [1.29, 1.82) is 0 Å². The summed E-state index contributed by atoms with van der Waals surface area (Å²) in [5.41, 5.74) is 2.38. The lowest BCUT2D eigenvalue weighted by Gasteiger charge is -2.10. The van der Waals surface area contributed by atoms with Gasteiger partial charge in [-0.25, -0.2) is 13.8 Å². The number of nitrogens with zero attached hydrogens (tertiary/aromatic N) is 2. The number of aryl methyl sites for hydroxylation is 1. The van der Waals surface area contributed by atoms with Crippen molar-refractivity contribution in [3.05, 3.63) is 40.4 Å². The van der Waals surface area contributed by atoms with Crippen LogP contribution in [0, 0.1) is 18.6 Å². The second-order valence-electron chi connectivity index (χ2n) is 3.99. The fourth-order valence-electron chi connectivity index (χ4n) is 1.43. The van der Waals surface area contributed by atoms with Crippen molar-refractivity contribution in [3.63, 3.8) is 0 Å². The van der Waals surface area contributed by atoms with Crippen molar-refractivity contribution >= 4 is 22.7 Å². The minimum absolute atomic E-state index is 0.372. The maximum atomic E-state index is 13.8. The second kappa shape index (κ2) is 6.26. The first-order valence-corrected chi connectivity index (χ1v) is 6.59. The summed E-state index contributed by atoms with van der Waals surface area (Å²) < 4.78 is 67.0. The average molecular weight is 337 g/mol. The number of nitrogens with one attached hydrogen (secondary N) is 1. The van der Waals surface area contributed by atoms with Crippen LogP contribution in [-0.4, -0.2) is 17.6 Å². The maximum Gasteiger partial charge on any atom is 0.573 e. The second-order valence-corrected chi connectivity index (χ2v) is 4.84. The molecule has 0 amide bonds. The summed E-state index contributed by atoms with van der Waals surface area (Å²) >= 11 is 1.21. The third-order valence-electron chi connectivity index (χ3n) is 2.29. The highest BCUT2D eigenvalue weighted by atomic mass is 32.1. The van der Waals surface area contributed by atoms with Gasteiger partial charge in [0.2, 0.25) is 5.13 Å². The SMILES string of the molecule is Cc1csc(NN=Cc2c(F)ccc(OC(F)(F)F)c2F)n1. The number of thiazole rings is 1. The van der Waals surface area contributed by atoms with Gasteiger partial charge in [0.15, 0.2) is 11.6 Å². The molecule has 1 aromatic heterocycles. The highest BCUT2D eigenvalue weighted by molar-refractivity contribution is 7.13. The molecule has 0 unspecified atom stereocenters. The predicted molar refractivity (Wildman–Crippen MR) is 71.1 cm³/mol. The zero-order valence-electron chi connectivity index (χ0n) is 10.9. The molecule has 1 N–H and O–H groups in total. The molecule has 2 aromatic rings. The van der Waals surface area contributed by atoms with Crippen LogP contribution in [0.4, 0.5) is 27.1 Å². The minimum atomic E-state index is -5.08. The van der Waals surface area contributed by atoms with E-state index in [4.69, 9.17) is 0 Å². The highest BCUT2D eigenvalue weighted by Gasteiger charge is 2.33. The number of alkyl halides is 3. The van der Waals surface area contributed by atoms with E-state index in [2.05, 4.69) is 20.2 Å². The highest BCUT2D eigenvalue weighted by Crippen LogP contribution is 2.28. The number of hydrogen-bond donors (Lipinski definition) is 1. The number of hydrogen-bond acceptors (Lipinski definition) is 5. The molecule has 0 saturated carbocycles. The molecule has 118 valence electrons. The summed E-state index contributed by atoms with van der Waals surface area (Å²) in [6, 6.07) is 1.20. The van der Waals surface area contributed by atoms with Crippen LogP contribution >= 0.6 is 11.3 Å². The smallest absolute Gasteiger partial charge is 0.403 e. The Labute approximate surface area is 125 Å². The van der Waals surface area contributed by atoms with Gasteiger partial charge >= 0.3 is 6.36 Å². The van der Waals surface area contributed by atoms with Crippen molar-refractivity contribution in [2.75, 3.05) is 5.43 Å². The Morgan fingerprint density at radius 3 is 2.64 bits per heavy atom. The molecule has 0 saturated heterocycles. The molecule has 0 spiro atoms. The van der Waals surface area contributed by atoms with Gasteiger partial charge in [-0.1, -0.05) is 0 Å². The van der Waals surface area contributed by atoms with Crippen molar-refractivity contribution in [2.45, 2.75) is 13.3 Å². The van der Waals surface area contributed by atoms with Gasteiger partial charge in [0.25, 0.3) is 0 Å². The lowest BCUT2D eigenvalue weighted by atomic mass is 10.2. The van der Waals surface area contributed by atoms with Gasteiger partial charge in [-0.15, -0.1) is 24.5 Å². The Balaban J connectivity index is 2.20. The van der Waals surface area contributed by atoms with Gasteiger partial charge < -0.3 is 4.74 Å². The molecular weight excluding hydrogens is 329 g/mol. The molecule has 0 aliphatic rings. The summed E-state index contributed by atoms with van der Waals surface area (Å²) in [6.07, 6.45) is -4.37. The fourth-order valence-corrected chi connectivity index (χ4v) is 2.07. The molecule has 10 heteroatoms. The van der Waals surface area contributed by atoms with Gasteiger partial charge in [-0.3, -0.25) is 5.43 Å². The molecule has 22 heavy (non-hydrogen) atoms. The molecule has 1 aromatic carbocycles. The first-order chi connectivity index (χ1) is 10.3. The maximum absolute atomic E-state index is 13.8. The van der Waals surface area contributed by atoms with Crippen LogP contribution in [0.5, 0.6) is 5.75 Å². The van der Waals surface area contributed by atoms with Crippen molar-refractivity contribution in [2.24, 2.45) is 5.10 Å². The van der Waals surface area contributed by atoms with Crippen LogP contribution in [0.1, 0.15) is 11.3 Å². The molecule has 0 radical (unpaired) electrons. The van der Waals surface area contributed by atoms with Gasteiger partial charge in [-0.2, -0.15) is 5.10 Å². The van der Waals surface area contributed by atoms with Gasteiger partial charge in [0.1, 0.15) is 5.82 Å². The van der Waals surface area contributed by atoms with E-state index in [0.29, 0.717) is 23.5 Å². The monoisotopic (exact) mass is 337 g/mol. The summed E-state index contributed by atoms with van der Waals surface area (Å²) in [7, 11) is 0. The zero-order valence-corrected chi connectivity index (χ0v) is 11.7. The molecular formula is C12H8F5N3OS. The molecule has 0 aliphatic heterocycles. The van der Waals surface area contributed by atoms with Gasteiger partial charge in [0, 0.05) is 5.38 Å². The number of ether oxygens (including phenoxy) is 1. The largest absolute Gasteiger partial charge is 0.573 e. The number of benzene rings is 1. The van der Waals surface area contributed by atoms with Crippen molar-refractivity contribution in [3.8, 4) is 5.75 Å². The van der Waals surface area contributed by atoms with Crippen LogP contribution in [-0.2, 0) is 0 Å². The minimum Gasteiger partial charge on any atom is -0.403 e. The fraction of sp³-hybridized carbons (Fsp3) is 0.167. The van der Waals surface area contributed by atoms with Crippen LogP contribution in [0.3, 0.4) is 0 Å². The Morgan fingerprint density at radius 2 is 2.05 bits per heavy atom. The topological polar surface area (TPSA) is 46.5 Å². The standard InChI is InChI=1S/C12H8F5N3OS/c1-6-5-22-11(19-6)20-18-4-7-8(13)2-3-9(10(7)14)21-12(15,16)17/h2-5H,1H3,(H,19,20). The Hall–Kier alpha value is -2.23. The van der Waals surface area contributed by atoms with Gasteiger partial charge in [0.05, 0.1) is 17.5 Å². The van der Waals surface area contributed by atoms with E-state index in [1.807, 2.05) is 0 Å². The first kappa shape index (κ1) is 16.1. The molecule has 0 aliphatic carbocycles. The van der Waals surface area contributed by atoms with Crippen LogP contribution in [0.15, 0.2) is 22.6 Å². The molecule has 0 bridgehead atoms. The van der Waals surface area contributed by atoms with E-state index in [-0.39, 0.29) is 0 Å². The molecule has 1 heterocycles. The summed E-state index contributed by atoms with van der Waals surface area (Å²) in [6.45, 7) is 1.74. The zero-order chi connectivity index (χ0) is 16.3. The number of anilines is 1. The Kier molecular flexibility index (Phi) is 4.59. The van der Waals surface area contributed by atoms with Gasteiger partial charge in [-0.05, 0) is 19.1 Å². The number of rotatable bonds is 4. The van der Waals surface area contributed by atoms with E-state index in [0.717, 1.165) is 5.69 Å². The molecule has 2 rings (SSSR count). The van der Waals surface area contributed by atoms with E-state index in [1.54, 1.807) is 12.3 Å². The molecule has 4 nitrogen and oxygen atoms in total. The third kappa shape index (κ3) is 4.13. The third-order valence-corrected chi connectivity index (χ3v) is 3.15. The van der Waals surface area contributed by atoms with Crippen LogP contribution < -0.4 is 10.2 Å². The Morgan fingerprint density at radius 1 is 1.32 bits per heavy atom. The number of halogens is 5. The van der Waals surface area contributed by atoms with E-state index >= 15 is 0 Å². The number of hydrazone groups is 1. The van der Waals surface area contributed by atoms with E-state index in [1.165, 1.54) is 11.3 Å². The predicted octanol–water partition coefficient (Wildman–Crippen LogP) is 4.07. The lowest BCUT2D eigenvalue weighted by molar-refractivity contribution is -0.275. The number of aromatic nitrogens is 1. The Bertz CT molecular complexity index is 699. The lowest BCUT2D eigenvalue weighted by Crippen LogP contribution is -2.18.